The molecule has 1 aliphatic rings. The molecule has 2 heterocycles. The lowest BCUT2D eigenvalue weighted by molar-refractivity contribution is 0.0606. The summed E-state index contributed by atoms with van der Waals surface area (Å²) in [6.07, 6.45) is 0. The average molecular weight is 515 g/mol. The lowest BCUT2D eigenvalue weighted by Gasteiger charge is -2.37. The van der Waals surface area contributed by atoms with Gasteiger partial charge in [0.15, 0.2) is 5.11 Å². The zero-order valence-corrected chi connectivity index (χ0v) is 20.4. The fraction of sp³-hybridized carbons (Fsp3) is 0.238. The number of fused-ring (bicyclic) bond motifs is 1. The molecule has 0 spiro atoms. The number of rotatable bonds is 3. The van der Waals surface area contributed by atoms with E-state index in [4.69, 9.17) is 51.8 Å². The molecule has 5 nitrogen and oxygen atoms in total. The number of esters is 1. The van der Waals surface area contributed by atoms with Gasteiger partial charge in [-0.3, -0.25) is 0 Å². The van der Waals surface area contributed by atoms with Crippen LogP contribution < -0.4 is 10.2 Å². The van der Waals surface area contributed by atoms with Gasteiger partial charge in [-0.05, 0) is 48.6 Å². The zero-order chi connectivity index (χ0) is 22.1. The van der Waals surface area contributed by atoms with Crippen molar-refractivity contribution in [2.24, 2.45) is 0 Å². The van der Waals surface area contributed by atoms with Crippen LogP contribution in [0, 0.1) is 0 Å². The summed E-state index contributed by atoms with van der Waals surface area (Å²) in [6.45, 7) is 3.21. The minimum Gasteiger partial charge on any atom is -0.465 e. The Morgan fingerprint density at radius 2 is 1.81 bits per heavy atom. The van der Waals surface area contributed by atoms with Crippen LogP contribution in [0.5, 0.6) is 0 Å². The number of anilines is 2. The second-order valence-corrected chi connectivity index (χ2v) is 9.58. The highest BCUT2D eigenvalue weighted by Gasteiger charge is 2.21. The number of methoxy groups -OCH3 is 1. The van der Waals surface area contributed by atoms with Crippen molar-refractivity contribution in [1.29, 1.82) is 0 Å². The molecular weight excluding hydrogens is 497 g/mol. The average Bonchev–Trinajstić information content (AvgIpc) is 3.11. The molecule has 1 saturated heterocycles. The molecule has 1 aromatic heterocycles. The molecule has 10 heteroatoms. The Balaban J connectivity index is 1.41. The number of hydrogen-bond acceptors (Lipinski definition) is 5. The Bertz CT molecular complexity index is 1160. The first-order chi connectivity index (χ1) is 14.9. The van der Waals surface area contributed by atoms with Gasteiger partial charge in [0, 0.05) is 47.6 Å². The highest BCUT2D eigenvalue weighted by atomic mass is 35.5. The number of ether oxygens (including phenoxy) is 1. The molecule has 1 N–H and O–H groups in total. The van der Waals surface area contributed by atoms with Crippen LogP contribution in [0.2, 0.25) is 15.1 Å². The van der Waals surface area contributed by atoms with Crippen molar-refractivity contribution >= 4 is 90.9 Å². The van der Waals surface area contributed by atoms with E-state index in [9.17, 15) is 4.79 Å². The largest absolute Gasteiger partial charge is 0.465 e. The molecule has 162 valence electrons. The van der Waals surface area contributed by atoms with Crippen LogP contribution in [-0.2, 0) is 4.74 Å². The maximum atomic E-state index is 11.9. The number of piperazine rings is 1. The summed E-state index contributed by atoms with van der Waals surface area (Å²) in [5.74, 6) is -0.434. The van der Waals surface area contributed by atoms with Gasteiger partial charge in [0.2, 0.25) is 0 Å². The fourth-order valence-corrected chi connectivity index (χ4v) is 5.48. The van der Waals surface area contributed by atoms with Crippen LogP contribution in [0.25, 0.3) is 10.1 Å². The number of nitrogens with one attached hydrogen (secondary N) is 1. The molecule has 1 aliphatic heterocycles. The van der Waals surface area contributed by atoms with Gasteiger partial charge < -0.3 is 19.9 Å². The van der Waals surface area contributed by atoms with Gasteiger partial charge in [0.1, 0.15) is 4.88 Å². The van der Waals surface area contributed by atoms with Crippen molar-refractivity contribution in [2.75, 3.05) is 43.5 Å². The number of hydrogen-bond donors (Lipinski definition) is 1. The zero-order valence-electron chi connectivity index (χ0n) is 16.5. The number of thiocarbonyl (C=S) groups is 1. The van der Waals surface area contributed by atoms with E-state index in [0.717, 1.165) is 47.6 Å². The Morgan fingerprint density at radius 1 is 1.06 bits per heavy atom. The third-order valence-electron chi connectivity index (χ3n) is 5.09. The SMILES string of the molecule is COC(=O)c1sc2cc(NC(=S)N3CCN(c4ccc(Cl)c(Cl)c4)CC3)ccc2c1Cl. The van der Waals surface area contributed by atoms with Crippen molar-refractivity contribution in [1.82, 2.24) is 4.90 Å². The van der Waals surface area contributed by atoms with Crippen molar-refractivity contribution in [3.63, 3.8) is 0 Å². The molecule has 0 atom stereocenters. The highest BCUT2D eigenvalue weighted by molar-refractivity contribution is 7.80. The molecule has 1 fully saturated rings. The lowest BCUT2D eigenvalue weighted by atomic mass is 10.2. The van der Waals surface area contributed by atoms with Crippen molar-refractivity contribution < 1.29 is 9.53 Å². The maximum Gasteiger partial charge on any atom is 0.349 e. The standard InChI is InChI=1S/C21H18Cl3N3O2S2/c1-29-20(28)19-18(24)14-4-2-12(10-17(14)31-19)25-21(30)27-8-6-26(7-9-27)13-3-5-15(22)16(23)11-13/h2-5,10-11H,6-9H2,1H3,(H,25,30). The molecule has 3 aromatic rings. The van der Waals surface area contributed by atoms with Crippen molar-refractivity contribution in [2.45, 2.75) is 0 Å². The number of halogens is 3. The van der Waals surface area contributed by atoms with Gasteiger partial charge in [-0.1, -0.05) is 34.8 Å². The Kier molecular flexibility index (Phi) is 6.79. The summed E-state index contributed by atoms with van der Waals surface area (Å²) >= 11 is 25.4. The van der Waals surface area contributed by atoms with Crippen LogP contribution in [-0.4, -0.2) is 49.3 Å². The first kappa shape index (κ1) is 22.4. The van der Waals surface area contributed by atoms with E-state index in [1.54, 1.807) is 0 Å². The minimum absolute atomic E-state index is 0.400. The predicted molar refractivity (Wildman–Crippen MR) is 135 cm³/mol. The lowest BCUT2D eigenvalue weighted by Crippen LogP contribution is -2.50. The van der Waals surface area contributed by atoms with Gasteiger partial charge in [0.25, 0.3) is 0 Å². The van der Waals surface area contributed by atoms with Gasteiger partial charge in [-0.2, -0.15) is 0 Å². The van der Waals surface area contributed by atoms with Crippen LogP contribution >= 0.6 is 58.4 Å². The summed E-state index contributed by atoms with van der Waals surface area (Å²) in [5, 5.41) is 6.29. The number of benzene rings is 2. The number of carbonyl (C=O) groups excluding carboxylic acids is 1. The first-order valence-corrected chi connectivity index (χ1v) is 11.8. The summed E-state index contributed by atoms with van der Waals surface area (Å²) in [5.41, 5.74) is 1.90. The molecule has 4 rings (SSSR count). The van der Waals surface area contributed by atoms with Crippen molar-refractivity contribution in [3.8, 4) is 0 Å². The molecule has 0 aliphatic carbocycles. The van der Waals surface area contributed by atoms with E-state index in [2.05, 4.69) is 15.1 Å². The minimum atomic E-state index is -0.434. The van der Waals surface area contributed by atoms with E-state index in [0.29, 0.717) is 25.1 Å². The Labute approximate surface area is 204 Å². The van der Waals surface area contributed by atoms with Crippen LogP contribution in [0.3, 0.4) is 0 Å². The van der Waals surface area contributed by atoms with Crippen LogP contribution in [0.15, 0.2) is 36.4 Å². The quantitative estimate of drug-likeness (QED) is 0.333. The molecule has 31 heavy (non-hydrogen) atoms. The van der Waals surface area contributed by atoms with E-state index >= 15 is 0 Å². The third kappa shape index (κ3) is 4.71. The highest BCUT2D eigenvalue weighted by Crippen LogP contribution is 2.37. The first-order valence-electron chi connectivity index (χ1n) is 9.43. The third-order valence-corrected chi connectivity index (χ3v) is 7.82. The summed E-state index contributed by atoms with van der Waals surface area (Å²) in [4.78, 5) is 16.7. The number of thiophene rings is 1. The predicted octanol–water partition coefficient (Wildman–Crippen LogP) is 6.17. The fourth-order valence-electron chi connectivity index (χ4n) is 3.42. The topological polar surface area (TPSA) is 44.8 Å². The van der Waals surface area contributed by atoms with Crippen LogP contribution in [0.1, 0.15) is 9.67 Å². The molecule has 0 saturated carbocycles. The molecule has 2 aromatic carbocycles. The van der Waals surface area contributed by atoms with Gasteiger partial charge in [-0.25, -0.2) is 4.79 Å². The second kappa shape index (κ2) is 9.38. The van der Waals surface area contributed by atoms with E-state index in [-0.39, 0.29) is 0 Å². The van der Waals surface area contributed by atoms with E-state index in [1.165, 1.54) is 18.4 Å². The molecule has 0 bridgehead atoms. The molecular formula is C21H18Cl3N3O2S2. The van der Waals surface area contributed by atoms with E-state index < -0.39 is 5.97 Å². The Hall–Kier alpha value is -1.77. The van der Waals surface area contributed by atoms with E-state index in [1.807, 2.05) is 36.4 Å². The summed E-state index contributed by atoms with van der Waals surface area (Å²) in [6, 6.07) is 11.4. The molecule has 0 unspecified atom stereocenters. The van der Waals surface area contributed by atoms with Crippen molar-refractivity contribution in [3.05, 3.63) is 56.3 Å². The maximum absolute atomic E-state index is 11.9. The summed E-state index contributed by atoms with van der Waals surface area (Å²) in [7, 11) is 1.34. The van der Waals surface area contributed by atoms with Gasteiger partial charge >= 0.3 is 5.97 Å². The number of nitrogens with zero attached hydrogens (tertiary/aromatic N) is 2. The van der Waals surface area contributed by atoms with Gasteiger partial charge in [0.05, 0.1) is 22.2 Å². The normalized spacial score (nSPS) is 14.1. The second-order valence-electron chi connectivity index (χ2n) is 6.95. The smallest absolute Gasteiger partial charge is 0.349 e. The van der Waals surface area contributed by atoms with Gasteiger partial charge in [-0.15, -0.1) is 11.3 Å². The summed E-state index contributed by atoms with van der Waals surface area (Å²) < 4.78 is 5.69. The van der Waals surface area contributed by atoms with Crippen LogP contribution in [0.4, 0.5) is 11.4 Å². The monoisotopic (exact) mass is 513 g/mol. The number of carbonyl (C=O) groups is 1. The Morgan fingerprint density at radius 3 is 2.48 bits per heavy atom. The molecule has 0 amide bonds. The molecule has 0 radical (unpaired) electrons.